The van der Waals surface area contributed by atoms with Crippen LogP contribution < -0.4 is 39.7 Å². The number of rotatable bonds is 8. The molecule has 0 spiro atoms. The number of benzene rings is 2. The molecule has 0 unspecified atom stereocenters. The maximum atomic E-state index is 4.94. The van der Waals surface area contributed by atoms with Crippen molar-refractivity contribution in [1.82, 2.24) is 0 Å². The fraction of sp³-hybridized carbons (Fsp3) is 0.600. The molecule has 0 radical (unpaired) electrons. The van der Waals surface area contributed by atoms with E-state index >= 15 is 0 Å². The second-order valence-corrected chi connectivity index (χ2v) is 12.6. The standard InChI is InChI=1S/2C11H16N.2C4H8O.2BrH.Zr/c2*1-4-8-12-11-7-5-6-9(2)10(11)3;2*1-2-4-5-3-1;;;/h2*5-7H,4,8H2,1-3H3;2*1-4H2;2*1H;/q2*-1;;;;;+4/p-2. The van der Waals surface area contributed by atoms with Gasteiger partial charge in [0, 0.05) is 26.4 Å². The number of halogens is 2. The van der Waals surface area contributed by atoms with Crippen LogP contribution >= 0.6 is 0 Å². The van der Waals surface area contributed by atoms with Crippen LogP contribution in [0, 0.1) is 27.7 Å². The van der Waals surface area contributed by atoms with Crippen LogP contribution in [0.4, 0.5) is 11.4 Å². The fourth-order valence-corrected chi connectivity index (χ4v) is 8.15. The van der Waals surface area contributed by atoms with E-state index in [1.807, 2.05) is 0 Å². The Morgan fingerprint density at radius 1 is 0.622 bits per heavy atom. The quantitative estimate of drug-likeness (QED) is 0.414. The molecule has 2 aliphatic rings. The molecule has 0 atom stereocenters. The maximum Gasteiger partial charge on any atom is -1.00 e. The van der Waals surface area contributed by atoms with Gasteiger partial charge in [0.2, 0.25) is 0 Å². The van der Waals surface area contributed by atoms with E-state index in [1.54, 1.807) is 0 Å². The van der Waals surface area contributed by atoms with Gasteiger partial charge in [-0.1, -0.05) is 0 Å². The molecule has 0 saturated carbocycles. The molecule has 7 heteroatoms. The number of hydrogen-bond donors (Lipinski definition) is 0. The van der Waals surface area contributed by atoms with Crippen LogP contribution in [-0.4, -0.2) is 39.5 Å². The summed E-state index contributed by atoms with van der Waals surface area (Å²) in [5.74, 6) is 0. The minimum atomic E-state index is -0.930. The summed E-state index contributed by atoms with van der Waals surface area (Å²) in [4.78, 5) is 0. The van der Waals surface area contributed by atoms with Gasteiger partial charge in [-0.15, -0.1) is 0 Å². The first-order valence-electron chi connectivity index (χ1n) is 13.6. The molecule has 0 bridgehead atoms. The number of anilines is 2. The van der Waals surface area contributed by atoms with Crippen LogP contribution in [0.25, 0.3) is 0 Å². The third kappa shape index (κ3) is 13.1. The van der Waals surface area contributed by atoms with Crippen molar-refractivity contribution in [3.05, 3.63) is 58.7 Å². The second kappa shape index (κ2) is 21.6. The first kappa shape index (κ1) is 36.8. The summed E-state index contributed by atoms with van der Waals surface area (Å²) in [5, 5.41) is 0. The Morgan fingerprint density at radius 3 is 1.24 bits per heavy atom. The van der Waals surface area contributed by atoms with Crippen molar-refractivity contribution in [2.45, 2.75) is 80.1 Å². The van der Waals surface area contributed by atoms with Gasteiger partial charge >= 0.3 is 167 Å². The minimum Gasteiger partial charge on any atom is -1.00 e. The molecule has 2 heterocycles. The minimum absolute atomic E-state index is 0. The zero-order valence-corrected chi connectivity index (χ0v) is 29.5. The molecule has 0 aromatic heterocycles. The van der Waals surface area contributed by atoms with Crippen molar-refractivity contribution in [1.29, 1.82) is 0 Å². The summed E-state index contributed by atoms with van der Waals surface area (Å²) >= 11 is -0.930. The van der Waals surface area contributed by atoms with Crippen LogP contribution in [0.15, 0.2) is 36.4 Å². The van der Waals surface area contributed by atoms with Gasteiger partial charge in [0.25, 0.3) is 0 Å². The van der Waals surface area contributed by atoms with E-state index in [-0.39, 0.29) is 34.0 Å². The summed E-state index contributed by atoms with van der Waals surface area (Å²) in [6.45, 7) is 19.9. The molecule has 0 aliphatic carbocycles. The van der Waals surface area contributed by atoms with Crippen molar-refractivity contribution in [3.8, 4) is 0 Å². The van der Waals surface area contributed by atoms with Crippen LogP contribution in [0.2, 0.25) is 0 Å². The SMILES string of the molecule is C1CCOC1.C1CCOC1.CCC[N]([Zr+2][N](CCC)c1cccc(C)c1C)c1cccc(C)c1C.[Br-].[Br-]. The molecule has 2 aliphatic heterocycles. The van der Waals surface area contributed by atoms with Gasteiger partial charge in [0.15, 0.2) is 0 Å². The Labute approximate surface area is 260 Å². The van der Waals surface area contributed by atoms with E-state index in [0.717, 1.165) is 39.5 Å². The van der Waals surface area contributed by atoms with Crippen LogP contribution in [-0.2, 0) is 33.3 Å². The van der Waals surface area contributed by atoms with Crippen molar-refractivity contribution >= 4 is 11.4 Å². The smallest absolute Gasteiger partial charge is 1.00 e. The number of ether oxygens (including phenoxy) is 2. The van der Waals surface area contributed by atoms with Gasteiger partial charge in [-0.05, 0) is 25.7 Å². The van der Waals surface area contributed by atoms with Gasteiger partial charge in [-0.2, -0.15) is 0 Å². The second-order valence-electron chi connectivity index (χ2n) is 9.48. The van der Waals surface area contributed by atoms with Gasteiger partial charge in [-0.3, -0.25) is 0 Å². The summed E-state index contributed by atoms with van der Waals surface area (Å²) in [5.41, 5.74) is 8.56. The molecule has 2 saturated heterocycles. The van der Waals surface area contributed by atoms with E-state index < -0.39 is 23.8 Å². The molecule has 4 rings (SSSR count). The van der Waals surface area contributed by atoms with Crippen molar-refractivity contribution in [2.75, 3.05) is 45.2 Å². The van der Waals surface area contributed by atoms with E-state index in [2.05, 4.69) is 83.6 Å². The number of nitrogens with zero attached hydrogens (tertiary/aromatic N) is 2. The van der Waals surface area contributed by atoms with Crippen molar-refractivity contribution in [3.63, 3.8) is 0 Å². The molecule has 4 nitrogen and oxygen atoms in total. The average molecular weight is 720 g/mol. The predicted molar refractivity (Wildman–Crippen MR) is 147 cm³/mol. The summed E-state index contributed by atoms with van der Waals surface area (Å²) in [6, 6.07) is 13.5. The molecule has 208 valence electrons. The van der Waals surface area contributed by atoms with Gasteiger partial charge in [0.05, 0.1) is 0 Å². The Bertz CT molecular complexity index is 777. The maximum absolute atomic E-state index is 4.94. The molecular formula is C30H48Br2N2O2Zr. The molecule has 0 amide bonds. The average Bonchev–Trinajstić information content (AvgIpc) is 3.62. The number of hydrogen-bond acceptors (Lipinski definition) is 4. The van der Waals surface area contributed by atoms with Crippen LogP contribution in [0.1, 0.15) is 74.6 Å². The zero-order valence-electron chi connectivity index (χ0n) is 23.9. The summed E-state index contributed by atoms with van der Waals surface area (Å²) < 4.78 is 15.3. The van der Waals surface area contributed by atoms with E-state index in [9.17, 15) is 0 Å². The Hall–Kier alpha value is -0.197. The fourth-order valence-electron chi connectivity index (χ4n) is 4.12. The van der Waals surface area contributed by atoms with Crippen LogP contribution in [0.5, 0.6) is 0 Å². The third-order valence-electron chi connectivity index (χ3n) is 6.52. The van der Waals surface area contributed by atoms with Gasteiger partial charge in [-0.25, -0.2) is 0 Å². The summed E-state index contributed by atoms with van der Waals surface area (Å²) in [7, 11) is 0. The monoisotopic (exact) mass is 716 g/mol. The predicted octanol–water partition coefficient (Wildman–Crippen LogP) is 1.57. The van der Waals surface area contributed by atoms with E-state index in [4.69, 9.17) is 9.47 Å². The van der Waals surface area contributed by atoms with Gasteiger partial charge < -0.3 is 43.4 Å². The molecule has 0 N–H and O–H groups in total. The first-order valence-corrected chi connectivity index (χ1v) is 15.8. The van der Waals surface area contributed by atoms with Crippen LogP contribution in [0.3, 0.4) is 0 Å². The van der Waals surface area contributed by atoms with E-state index in [0.29, 0.717) is 0 Å². The van der Waals surface area contributed by atoms with Crippen molar-refractivity contribution < 1.29 is 67.3 Å². The molecule has 2 aromatic rings. The third-order valence-corrected chi connectivity index (χ3v) is 9.99. The zero-order chi connectivity index (χ0) is 25.5. The van der Waals surface area contributed by atoms with E-state index in [1.165, 1.54) is 72.2 Å². The molecule has 37 heavy (non-hydrogen) atoms. The molecular weight excluding hydrogens is 671 g/mol. The van der Waals surface area contributed by atoms with Gasteiger partial charge in [0.1, 0.15) is 0 Å². The molecule has 2 aromatic carbocycles. The Morgan fingerprint density at radius 2 is 0.973 bits per heavy atom. The normalized spacial score (nSPS) is 13.6. The van der Waals surface area contributed by atoms with Crippen molar-refractivity contribution in [2.24, 2.45) is 0 Å². The largest absolute Gasteiger partial charge is 1.00 e. The summed E-state index contributed by atoms with van der Waals surface area (Å²) in [6.07, 6.45) is 7.50. The number of aryl methyl sites for hydroxylation is 2. The Kier molecular flexibility index (Phi) is 21.5. The first-order chi connectivity index (χ1) is 17.0. The topological polar surface area (TPSA) is 24.9 Å². The Balaban J connectivity index is 0.000000892. The molecule has 2 fully saturated rings.